The molecular formula is C41H56N2O8. The van der Waals surface area contributed by atoms with Crippen LogP contribution in [0.3, 0.4) is 0 Å². The van der Waals surface area contributed by atoms with Crippen molar-refractivity contribution in [2.75, 3.05) is 31.6 Å². The van der Waals surface area contributed by atoms with Crippen LogP contribution in [0.4, 0.5) is 5.69 Å². The Morgan fingerprint density at radius 2 is 1.39 bits per heavy atom. The standard InChI is InChI=1S/C41H56N2O8/c1-24(2)32-38(5)14-16-40(32,50-36(38)47)34(45)42-18-12-26(13-19-42)20-28(22-31(44)49-7)29-21-27-10-8-9-11-30(27)43(23-29)35(46)41-17-15-39(6,37(48)51-41)33(41)25(3)4/h8-11,24-26,28-29,32-33H,12-23H2,1-7H3/t28-,29+,32+,33+,38?,39?,40+,41+/m0/s1. The third-order valence-electron chi connectivity index (χ3n) is 14.2. The molecule has 4 bridgehead atoms. The molecule has 0 radical (unpaired) electrons. The van der Waals surface area contributed by atoms with Crippen molar-refractivity contribution in [3.63, 3.8) is 0 Å². The lowest BCUT2D eigenvalue weighted by atomic mass is 9.71. The monoisotopic (exact) mass is 704 g/mol. The van der Waals surface area contributed by atoms with Gasteiger partial charge in [0.05, 0.1) is 17.9 Å². The Labute approximate surface area is 302 Å². The van der Waals surface area contributed by atoms with E-state index in [0.717, 1.165) is 36.9 Å². The van der Waals surface area contributed by atoms with E-state index in [4.69, 9.17) is 14.2 Å². The number of para-hydroxylation sites is 1. The van der Waals surface area contributed by atoms with Crippen molar-refractivity contribution in [3.8, 4) is 0 Å². The Hall–Kier alpha value is -3.43. The van der Waals surface area contributed by atoms with Gasteiger partial charge in [-0.05, 0) is 106 Å². The highest BCUT2D eigenvalue weighted by molar-refractivity contribution is 6.05. The van der Waals surface area contributed by atoms with E-state index in [-0.39, 0.29) is 77.6 Å². The van der Waals surface area contributed by atoms with Crippen LogP contribution in [0.2, 0.25) is 0 Å². The number of benzene rings is 1. The van der Waals surface area contributed by atoms with Crippen molar-refractivity contribution in [2.45, 2.75) is 111 Å². The molecule has 0 aromatic heterocycles. The molecule has 2 aliphatic carbocycles. The summed E-state index contributed by atoms with van der Waals surface area (Å²) in [5.74, 6) is -0.884. The number of nitrogens with zero attached hydrogens (tertiary/aromatic N) is 2. The van der Waals surface area contributed by atoms with Gasteiger partial charge in [0, 0.05) is 43.6 Å². The van der Waals surface area contributed by atoms with Gasteiger partial charge in [-0.1, -0.05) is 45.9 Å². The van der Waals surface area contributed by atoms with Crippen molar-refractivity contribution in [2.24, 2.45) is 52.3 Å². The van der Waals surface area contributed by atoms with Crippen LogP contribution < -0.4 is 4.90 Å². The third kappa shape index (κ3) is 5.34. The fourth-order valence-corrected chi connectivity index (χ4v) is 12.1. The fourth-order valence-electron chi connectivity index (χ4n) is 12.1. The molecule has 51 heavy (non-hydrogen) atoms. The highest BCUT2D eigenvalue weighted by Gasteiger charge is 2.73. The highest BCUT2D eigenvalue weighted by Crippen LogP contribution is 2.62. The Balaban J connectivity index is 1.09. The molecule has 10 heteroatoms. The predicted molar refractivity (Wildman–Crippen MR) is 189 cm³/mol. The zero-order valence-electron chi connectivity index (χ0n) is 31.5. The van der Waals surface area contributed by atoms with Crippen LogP contribution in [0.25, 0.3) is 0 Å². The average Bonchev–Trinajstić information content (AvgIpc) is 3.74. The normalized spacial score (nSPS) is 36.4. The molecule has 2 unspecified atom stereocenters. The number of ether oxygens (including phenoxy) is 3. The van der Waals surface area contributed by atoms with Gasteiger partial charge in [0.2, 0.25) is 0 Å². The molecule has 2 amide bonds. The second-order valence-electron chi connectivity index (χ2n) is 17.9. The number of hydrogen-bond acceptors (Lipinski definition) is 8. The number of methoxy groups -OCH3 is 1. The number of anilines is 1. The number of hydrogen-bond donors (Lipinski definition) is 0. The molecule has 0 spiro atoms. The van der Waals surface area contributed by atoms with E-state index in [1.165, 1.54) is 7.11 Å². The lowest BCUT2D eigenvalue weighted by molar-refractivity contribution is -0.173. The van der Waals surface area contributed by atoms with Crippen LogP contribution in [0, 0.1) is 52.3 Å². The summed E-state index contributed by atoms with van der Waals surface area (Å²) in [6.45, 7) is 13.8. The summed E-state index contributed by atoms with van der Waals surface area (Å²) < 4.78 is 17.3. The Kier molecular flexibility index (Phi) is 8.89. The van der Waals surface area contributed by atoms with Crippen molar-refractivity contribution < 1.29 is 38.2 Å². The van der Waals surface area contributed by atoms with E-state index in [1.807, 2.05) is 41.8 Å². The van der Waals surface area contributed by atoms with Crippen molar-refractivity contribution in [1.29, 1.82) is 0 Å². The third-order valence-corrected chi connectivity index (χ3v) is 14.2. The summed E-state index contributed by atoms with van der Waals surface area (Å²) in [6.07, 6.45) is 5.71. The van der Waals surface area contributed by atoms with Crippen LogP contribution >= 0.6 is 0 Å². The van der Waals surface area contributed by atoms with Gasteiger partial charge >= 0.3 is 17.9 Å². The number of fused-ring (bicyclic) bond motifs is 5. The molecule has 1 aromatic carbocycles. The first-order chi connectivity index (χ1) is 24.1. The Morgan fingerprint density at radius 1 is 0.843 bits per heavy atom. The van der Waals surface area contributed by atoms with E-state index < -0.39 is 22.0 Å². The Bertz CT molecular complexity index is 1620. The number of likely N-dealkylation sites (tertiary alicyclic amines) is 1. The Morgan fingerprint density at radius 3 is 1.92 bits per heavy atom. The fraction of sp³-hybridized carbons (Fsp3) is 0.732. The number of amides is 2. The zero-order valence-corrected chi connectivity index (χ0v) is 31.5. The number of rotatable bonds is 9. The van der Waals surface area contributed by atoms with Gasteiger partial charge < -0.3 is 24.0 Å². The number of carbonyl (C=O) groups is 5. The van der Waals surface area contributed by atoms with Gasteiger partial charge in [0.25, 0.3) is 11.8 Å². The molecule has 4 heterocycles. The number of piperidine rings is 1. The first-order valence-corrected chi connectivity index (χ1v) is 19.3. The lowest BCUT2D eigenvalue weighted by Crippen LogP contribution is -2.56. The quantitative estimate of drug-likeness (QED) is 0.236. The van der Waals surface area contributed by atoms with Gasteiger partial charge in [-0.3, -0.25) is 24.0 Å². The van der Waals surface area contributed by atoms with E-state index in [0.29, 0.717) is 45.3 Å². The van der Waals surface area contributed by atoms with Crippen LogP contribution in [0.5, 0.6) is 0 Å². The first kappa shape index (κ1) is 36.0. The molecular weight excluding hydrogens is 648 g/mol. The van der Waals surface area contributed by atoms with Gasteiger partial charge in [-0.25, -0.2) is 0 Å². The molecule has 10 nitrogen and oxygen atoms in total. The lowest BCUT2D eigenvalue weighted by Gasteiger charge is -2.43. The van der Waals surface area contributed by atoms with E-state index in [1.54, 1.807) is 0 Å². The van der Waals surface area contributed by atoms with Crippen LogP contribution in [0.1, 0.15) is 98.5 Å². The van der Waals surface area contributed by atoms with Crippen LogP contribution in [0.15, 0.2) is 24.3 Å². The molecule has 278 valence electrons. The first-order valence-electron chi connectivity index (χ1n) is 19.3. The minimum Gasteiger partial charge on any atom is -0.469 e. The summed E-state index contributed by atoms with van der Waals surface area (Å²) in [5.41, 5.74) is -1.63. The largest absolute Gasteiger partial charge is 0.469 e. The maximum absolute atomic E-state index is 14.8. The molecule has 6 aliphatic rings. The SMILES string of the molecule is COC(=O)C[C@H](CC1CCN(C(=O)[C@]23CCC(C)(C(=O)O2)[C@H]3C(C)C)CC1)[C@@H]1Cc2ccccc2N(C(=O)[C@]23CCC(C)(C(=O)O2)[C@H]3C(C)C)C1. The molecule has 8 atom stereocenters. The van der Waals surface area contributed by atoms with Crippen LogP contribution in [-0.2, 0) is 44.6 Å². The zero-order chi connectivity index (χ0) is 36.7. The van der Waals surface area contributed by atoms with E-state index in [9.17, 15) is 24.0 Å². The second-order valence-corrected chi connectivity index (χ2v) is 17.9. The molecule has 7 rings (SSSR count). The summed E-state index contributed by atoms with van der Waals surface area (Å²) in [4.78, 5) is 71.8. The highest BCUT2D eigenvalue weighted by atomic mass is 16.6. The summed E-state index contributed by atoms with van der Waals surface area (Å²) in [7, 11) is 1.42. The van der Waals surface area contributed by atoms with Gasteiger partial charge in [-0.2, -0.15) is 0 Å². The van der Waals surface area contributed by atoms with Gasteiger partial charge in [0.1, 0.15) is 0 Å². The molecule has 4 aliphatic heterocycles. The summed E-state index contributed by atoms with van der Waals surface area (Å²) >= 11 is 0. The summed E-state index contributed by atoms with van der Waals surface area (Å²) in [6, 6.07) is 7.97. The van der Waals surface area contributed by atoms with Crippen molar-refractivity contribution >= 4 is 35.4 Å². The molecule has 0 N–H and O–H groups in total. The topological polar surface area (TPSA) is 120 Å². The van der Waals surface area contributed by atoms with E-state index >= 15 is 0 Å². The van der Waals surface area contributed by atoms with Crippen LogP contribution in [-0.4, -0.2) is 72.6 Å². The van der Waals surface area contributed by atoms with Gasteiger partial charge in [0.15, 0.2) is 11.2 Å². The molecule has 5 fully saturated rings. The number of esters is 3. The minimum atomic E-state index is -1.19. The average molecular weight is 705 g/mol. The van der Waals surface area contributed by atoms with Gasteiger partial charge in [-0.15, -0.1) is 0 Å². The molecule has 3 saturated heterocycles. The van der Waals surface area contributed by atoms with Crippen molar-refractivity contribution in [3.05, 3.63) is 29.8 Å². The molecule has 2 saturated carbocycles. The smallest absolute Gasteiger partial charge is 0.313 e. The maximum Gasteiger partial charge on any atom is 0.313 e. The van der Waals surface area contributed by atoms with E-state index in [2.05, 4.69) is 33.8 Å². The summed E-state index contributed by atoms with van der Waals surface area (Å²) in [5, 5.41) is 0. The number of carbonyl (C=O) groups excluding carboxylic acids is 5. The van der Waals surface area contributed by atoms with Crippen molar-refractivity contribution in [1.82, 2.24) is 4.90 Å². The maximum atomic E-state index is 14.8. The predicted octanol–water partition coefficient (Wildman–Crippen LogP) is 5.74. The second kappa shape index (κ2) is 12.6. The molecule has 1 aromatic rings. The minimum absolute atomic E-state index is 0.0128.